The van der Waals surface area contributed by atoms with Crippen LogP contribution in [0.4, 0.5) is 4.39 Å². The van der Waals surface area contributed by atoms with Gasteiger partial charge in [-0.15, -0.1) is 0 Å². The highest BCUT2D eigenvalue weighted by atomic mass is 19.1. The first-order chi connectivity index (χ1) is 8.33. The first-order valence-electron chi connectivity index (χ1n) is 6.81. The minimum atomic E-state index is -0.144. The Hall–Kier alpha value is -0.890. The fourth-order valence-electron chi connectivity index (χ4n) is 3.22. The van der Waals surface area contributed by atoms with Crippen LogP contribution in [0.25, 0.3) is 0 Å². The Morgan fingerprint density at radius 1 is 1.18 bits per heavy atom. The molecule has 2 saturated carbocycles. The molecule has 0 saturated heterocycles. The van der Waals surface area contributed by atoms with Gasteiger partial charge in [0.2, 0.25) is 0 Å². The number of halogens is 1. The van der Waals surface area contributed by atoms with E-state index in [1.54, 1.807) is 12.1 Å². The van der Waals surface area contributed by atoms with Crippen LogP contribution in [0.5, 0.6) is 0 Å². The van der Waals surface area contributed by atoms with E-state index < -0.39 is 0 Å². The highest BCUT2D eigenvalue weighted by molar-refractivity contribution is 5.16. The van der Waals surface area contributed by atoms with E-state index in [2.05, 4.69) is 5.32 Å². The number of benzene rings is 1. The van der Waals surface area contributed by atoms with E-state index in [0.717, 1.165) is 30.8 Å². The Kier molecular flexibility index (Phi) is 3.15. The molecule has 0 bridgehead atoms. The molecule has 2 heteroatoms. The molecule has 3 atom stereocenters. The van der Waals surface area contributed by atoms with Gasteiger partial charge in [-0.25, -0.2) is 4.39 Å². The molecule has 1 nitrogen and oxygen atoms in total. The lowest BCUT2D eigenvalue weighted by Gasteiger charge is -2.22. The molecule has 1 aromatic carbocycles. The molecule has 1 N–H and O–H groups in total. The van der Waals surface area contributed by atoms with E-state index in [-0.39, 0.29) is 5.82 Å². The van der Waals surface area contributed by atoms with E-state index in [9.17, 15) is 4.39 Å². The summed E-state index contributed by atoms with van der Waals surface area (Å²) in [5.41, 5.74) is 1.22. The Balaban J connectivity index is 1.44. The molecule has 0 radical (unpaired) electrons. The highest BCUT2D eigenvalue weighted by Crippen LogP contribution is 2.49. The minimum absolute atomic E-state index is 0.144. The summed E-state index contributed by atoms with van der Waals surface area (Å²) in [5, 5.41) is 3.68. The topological polar surface area (TPSA) is 12.0 Å². The maximum Gasteiger partial charge on any atom is 0.123 e. The van der Waals surface area contributed by atoms with E-state index in [4.69, 9.17) is 0 Å². The number of hydrogen-bond acceptors (Lipinski definition) is 1. The van der Waals surface area contributed by atoms with Gasteiger partial charge in [-0.3, -0.25) is 0 Å². The average molecular weight is 233 g/mol. The molecule has 0 aliphatic heterocycles. The van der Waals surface area contributed by atoms with Crippen molar-refractivity contribution in [2.45, 2.75) is 38.1 Å². The van der Waals surface area contributed by atoms with E-state index in [0.29, 0.717) is 0 Å². The van der Waals surface area contributed by atoms with Gasteiger partial charge in [0, 0.05) is 6.04 Å². The first kappa shape index (κ1) is 11.2. The van der Waals surface area contributed by atoms with Crippen LogP contribution in [-0.2, 0) is 6.42 Å². The van der Waals surface area contributed by atoms with E-state index >= 15 is 0 Å². The Morgan fingerprint density at radius 2 is 2.00 bits per heavy atom. The van der Waals surface area contributed by atoms with Crippen molar-refractivity contribution in [3.05, 3.63) is 35.6 Å². The van der Waals surface area contributed by atoms with Crippen LogP contribution in [-0.4, -0.2) is 12.6 Å². The summed E-state index contributed by atoms with van der Waals surface area (Å²) in [6.45, 7) is 1.03. The molecular weight excluding hydrogens is 213 g/mol. The van der Waals surface area contributed by atoms with Crippen molar-refractivity contribution in [1.29, 1.82) is 0 Å². The van der Waals surface area contributed by atoms with Crippen LogP contribution in [0.1, 0.15) is 31.2 Å². The molecular formula is C15H20FN. The van der Waals surface area contributed by atoms with Crippen molar-refractivity contribution in [2.75, 3.05) is 6.54 Å². The fraction of sp³-hybridized carbons (Fsp3) is 0.600. The van der Waals surface area contributed by atoms with Crippen molar-refractivity contribution >= 4 is 0 Å². The second-order valence-electron chi connectivity index (χ2n) is 5.53. The number of fused-ring (bicyclic) bond motifs is 1. The summed E-state index contributed by atoms with van der Waals surface area (Å²) in [6, 6.07) is 7.63. The van der Waals surface area contributed by atoms with Crippen LogP contribution in [0.2, 0.25) is 0 Å². The zero-order valence-electron chi connectivity index (χ0n) is 10.2. The van der Waals surface area contributed by atoms with Gasteiger partial charge in [0.25, 0.3) is 0 Å². The van der Waals surface area contributed by atoms with Crippen molar-refractivity contribution in [1.82, 2.24) is 5.32 Å². The SMILES string of the molecule is Fc1ccc(CCNC2CCC[C@H]3C[C@@H]23)cc1. The van der Waals surface area contributed by atoms with Crippen LogP contribution in [0, 0.1) is 17.7 Å². The largest absolute Gasteiger partial charge is 0.313 e. The van der Waals surface area contributed by atoms with E-state index in [1.165, 1.54) is 31.2 Å². The third kappa shape index (κ3) is 2.68. The van der Waals surface area contributed by atoms with Gasteiger partial charge in [-0.1, -0.05) is 25.0 Å². The lowest BCUT2D eigenvalue weighted by Crippen LogP contribution is -2.34. The molecule has 17 heavy (non-hydrogen) atoms. The second-order valence-corrected chi connectivity index (χ2v) is 5.53. The molecule has 1 unspecified atom stereocenters. The summed E-state index contributed by atoms with van der Waals surface area (Å²) < 4.78 is 12.7. The van der Waals surface area contributed by atoms with Crippen LogP contribution < -0.4 is 5.32 Å². The maximum absolute atomic E-state index is 12.7. The van der Waals surface area contributed by atoms with Gasteiger partial charge in [0.1, 0.15) is 5.82 Å². The monoisotopic (exact) mass is 233 g/mol. The van der Waals surface area contributed by atoms with Crippen molar-refractivity contribution in [2.24, 2.45) is 11.8 Å². The van der Waals surface area contributed by atoms with Crippen molar-refractivity contribution in [3.8, 4) is 0 Å². The third-order valence-electron chi connectivity index (χ3n) is 4.32. The molecule has 1 aromatic rings. The molecule has 0 amide bonds. The lowest BCUT2D eigenvalue weighted by atomic mass is 9.95. The van der Waals surface area contributed by atoms with Gasteiger partial charge in [0.15, 0.2) is 0 Å². The van der Waals surface area contributed by atoms with Gasteiger partial charge in [0.05, 0.1) is 0 Å². The standard InChI is InChI=1S/C15H20FN/c16-13-6-4-11(5-7-13)8-9-17-15-3-1-2-12-10-14(12)15/h4-7,12,14-15,17H,1-3,8-10H2/t12-,14+,15?/m0/s1. The summed E-state index contributed by atoms with van der Waals surface area (Å²) >= 11 is 0. The van der Waals surface area contributed by atoms with E-state index in [1.807, 2.05) is 12.1 Å². The Labute approximate surface area is 102 Å². The molecule has 2 aliphatic rings. The third-order valence-corrected chi connectivity index (χ3v) is 4.32. The van der Waals surface area contributed by atoms with Crippen LogP contribution >= 0.6 is 0 Å². The smallest absolute Gasteiger partial charge is 0.123 e. The summed E-state index contributed by atoms with van der Waals surface area (Å²) in [7, 11) is 0. The minimum Gasteiger partial charge on any atom is -0.313 e. The zero-order valence-corrected chi connectivity index (χ0v) is 10.2. The maximum atomic E-state index is 12.7. The second kappa shape index (κ2) is 4.77. The average Bonchev–Trinajstić information content (AvgIpc) is 3.12. The molecule has 0 aromatic heterocycles. The fourth-order valence-corrected chi connectivity index (χ4v) is 3.22. The molecule has 0 heterocycles. The molecule has 3 rings (SSSR count). The predicted molar refractivity (Wildman–Crippen MR) is 67.3 cm³/mol. The Bertz CT molecular complexity index is 373. The summed E-state index contributed by atoms with van der Waals surface area (Å²) in [4.78, 5) is 0. The highest BCUT2D eigenvalue weighted by Gasteiger charge is 2.44. The Morgan fingerprint density at radius 3 is 2.82 bits per heavy atom. The number of rotatable bonds is 4. The number of nitrogens with one attached hydrogen (secondary N) is 1. The normalized spacial score (nSPS) is 31.0. The van der Waals surface area contributed by atoms with Crippen molar-refractivity contribution in [3.63, 3.8) is 0 Å². The van der Waals surface area contributed by atoms with Gasteiger partial charge in [-0.2, -0.15) is 0 Å². The van der Waals surface area contributed by atoms with Gasteiger partial charge < -0.3 is 5.32 Å². The molecule has 2 aliphatic carbocycles. The lowest BCUT2D eigenvalue weighted by molar-refractivity contribution is 0.356. The van der Waals surface area contributed by atoms with Gasteiger partial charge in [-0.05, 0) is 55.3 Å². The first-order valence-corrected chi connectivity index (χ1v) is 6.81. The quantitative estimate of drug-likeness (QED) is 0.842. The summed E-state index contributed by atoms with van der Waals surface area (Å²) in [5.74, 6) is 1.86. The van der Waals surface area contributed by atoms with Crippen LogP contribution in [0.15, 0.2) is 24.3 Å². The summed E-state index contributed by atoms with van der Waals surface area (Å²) in [6.07, 6.45) is 6.67. The molecule has 0 spiro atoms. The predicted octanol–water partition coefficient (Wildman–Crippen LogP) is 3.15. The van der Waals surface area contributed by atoms with Crippen LogP contribution in [0.3, 0.4) is 0 Å². The molecule has 92 valence electrons. The van der Waals surface area contributed by atoms with Gasteiger partial charge >= 0.3 is 0 Å². The van der Waals surface area contributed by atoms with Crippen molar-refractivity contribution < 1.29 is 4.39 Å². The molecule has 2 fully saturated rings. The number of hydrogen-bond donors (Lipinski definition) is 1. The zero-order chi connectivity index (χ0) is 11.7.